The van der Waals surface area contributed by atoms with Crippen LogP contribution in [-0.4, -0.2) is 74.5 Å². The van der Waals surface area contributed by atoms with E-state index in [1.54, 1.807) is 7.05 Å². The molecule has 0 radical (unpaired) electrons. The fraction of sp³-hybridized carbons (Fsp3) is 0.619. The first-order valence-corrected chi connectivity index (χ1v) is 10.1. The SMILES string of the molecule is CCNC(=NCCc1cccc(C(=O)NC)c1)N(C)CC1CCCN1CC.I. The van der Waals surface area contributed by atoms with Crippen molar-refractivity contribution < 1.29 is 4.79 Å². The van der Waals surface area contributed by atoms with E-state index in [2.05, 4.69) is 47.4 Å². The number of hydrogen-bond donors (Lipinski definition) is 2. The molecule has 1 atom stereocenters. The molecule has 1 unspecified atom stereocenters. The molecule has 1 aliphatic rings. The van der Waals surface area contributed by atoms with E-state index in [-0.39, 0.29) is 29.9 Å². The number of amides is 1. The second kappa shape index (κ2) is 13.0. The number of benzene rings is 1. The summed E-state index contributed by atoms with van der Waals surface area (Å²) in [4.78, 5) is 21.4. The van der Waals surface area contributed by atoms with Crippen LogP contribution in [0.2, 0.25) is 0 Å². The van der Waals surface area contributed by atoms with Crippen molar-refractivity contribution in [3.8, 4) is 0 Å². The van der Waals surface area contributed by atoms with Crippen molar-refractivity contribution in [2.45, 2.75) is 39.2 Å². The van der Waals surface area contributed by atoms with Crippen molar-refractivity contribution in [2.75, 3.05) is 46.8 Å². The summed E-state index contributed by atoms with van der Waals surface area (Å²) in [6.45, 7) is 9.24. The van der Waals surface area contributed by atoms with Gasteiger partial charge < -0.3 is 15.5 Å². The monoisotopic (exact) mass is 501 g/mol. The maximum atomic E-state index is 11.8. The summed E-state index contributed by atoms with van der Waals surface area (Å²) in [6.07, 6.45) is 3.38. The van der Waals surface area contributed by atoms with Crippen molar-refractivity contribution in [3.05, 3.63) is 35.4 Å². The number of carbonyl (C=O) groups is 1. The molecule has 1 aromatic rings. The summed E-state index contributed by atoms with van der Waals surface area (Å²) < 4.78 is 0. The fourth-order valence-corrected chi connectivity index (χ4v) is 3.69. The largest absolute Gasteiger partial charge is 0.357 e. The number of halogens is 1. The first-order valence-electron chi connectivity index (χ1n) is 10.1. The van der Waals surface area contributed by atoms with Crippen LogP contribution in [0.1, 0.15) is 42.6 Å². The number of guanidine groups is 1. The normalized spacial score (nSPS) is 17.1. The van der Waals surface area contributed by atoms with Gasteiger partial charge in [0, 0.05) is 45.3 Å². The highest BCUT2D eigenvalue weighted by Crippen LogP contribution is 2.17. The van der Waals surface area contributed by atoms with Crippen LogP contribution in [0.4, 0.5) is 0 Å². The van der Waals surface area contributed by atoms with Crippen LogP contribution >= 0.6 is 24.0 Å². The van der Waals surface area contributed by atoms with Gasteiger partial charge in [-0.1, -0.05) is 19.1 Å². The van der Waals surface area contributed by atoms with E-state index in [0.29, 0.717) is 18.2 Å². The molecule has 0 aliphatic carbocycles. The number of likely N-dealkylation sites (tertiary alicyclic amines) is 1. The highest BCUT2D eigenvalue weighted by molar-refractivity contribution is 14.0. The molecular formula is C21H36IN5O. The van der Waals surface area contributed by atoms with Crippen molar-refractivity contribution in [3.63, 3.8) is 0 Å². The first kappa shape index (κ1) is 24.7. The lowest BCUT2D eigenvalue weighted by Crippen LogP contribution is -2.46. The molecule has 0 spiro atoms. The van der Waals surface area contributed by atoms with Crippen LogP contribution in [0.15, 0.2) is 29.3 Å². The number of rotatable bonds is 8. The standard InChI is InChI=1S/C21H35N5O.HI/c1-5-23-21(25(4)16-19-11-8-14-26(19)6-2)24-13-12-17-9-7-10-18(15-17)20(27)22-3;/h7,9-10,15,19H,5-6,8,11-14,16H2,1-4H3,(H,22,27)(H,23,24);1H. The van der Waals surface area contributed by atoms with Crippen LogP contribution in [0, 0.1) is 0 Å². The van der Waals surface area contributed by atoms with Gasteiger partial charge in [0.15, 0.2) is 5.96 Å². The van der Waals surface area contributed by atoms with Crippen LogP contribution in [-0.2, 0) is 6.42 Å². The minimum atomic E-state index is -0.0505. The lowest BCUT2D eigenvalue weighted by Gasteiger charge is -2.29. The Balaban J connectivity index is 0.00000392. The zero-order valence-electron chi connectivity index (χ0n) is 17.7. The number of hydrogen-bond acceptors (Lipinski definition) is 3. The highest BCUT2D eigenvalue weighted by Gasteiger charge is 2.24. The Bertz CT molecular complexity index is 637. The van der Waals surface area contributed by atoms with Crippen LogP contribution in [0.3, 0.4) is 0 Å². The zero-order chi connectivity index (χ0) is 19.6. The number of aliphatic imine (C=N–C) groups is 1. The third kappa shape index (κ3) is 7.24. The zero-order valence-corrected chi connectivity index (χ0v) is 20.0. The van der Waals surface area contributed by atoms with Crippen LogP contribution in [0.5, 0.6) is 0 Å². The number of nitrogens with one attached hydrogen (secondary N) is 2. The van der Waals surface area contributed by atoms with Crippen molar-refractivity contribution >= 4 is 35.8 Å². The fourth-order valence-electron chi connectivity index (χ4n) is 3.69. The molecule has 0 aromatic heterocycles. The Morgan fingerprint density at radius 1 is 1.36 bits per heavy atom. The van der Waals surface area contributed by atoms with Gasteiger partial charge in [0.2, 0.25) is 0 Å². The topological polar surface area (TPSA) is 60.0 Å². The van der Waals surface area contributed by atoms with Gasteiger partial charge >= 0.3 is 0 Å². The smallest absolute Gasteiger partial charge is 0.251 e. The lowest BCUT2D eigenvalue weighted by molar-refractivity contribution is 0.0963. The molecule has 7 heteroatoms. The van der Waals surface area contributed by atoms with E-state index < -0.39 is 0 Å². The molecule has 2 N–H and O–H groups in total. The average Bonchev–Trinajstić information content (AvgIpc) is 3.14. The molecule has 158 valence electrons. The molecule has 1 amide bonds. The summed E-state index contributed by atoms with van der Waals surface area (Å²) in [7, 11) is 3.78. The van der Waals surface area contributed by atoms with E-state index in [1.165, 1.54) is 19.4 Å². The van der Waals surface area contributed by atoms with Crippen molar-refractivity contribution in [2.24, 2.45) is 4.99 Å². The third-order valence-corrected chi connectivity index (χ3v) is 5.16. The molecule has 1 aromatic carbocycles. The summed E-state index contributed by atoms with van der Waals surface area (Å²) in [5, 5.41) is 6.08. The Morgan fingerprint density at radius 3 is 2.82 bits per heavy atom. The summed E-state index contributed by atoms with van der Waals surface area (Å²) >= 11 is 0. The second-order valence-electron chi connectivity index (χ2n) is 7.07. The molecule has 1 aliphatic heterocycles. The number of likely N-dealkylation sites (N-methyl/N-ethyl adjacent to an activating group) is 2. The van der Waals surface area contributed by atoms with Crippen LogP contribution < -0.4 is 10.6 Å². The molecular weight excluding hydrogens is 465 g/mol. The number of carbonyl (C=O) groups excluding carboxylic acids is 1. The number of nitrogens with zero attached hydrogens (tertiary/aromatic N) is 3. The molecule has 1 saturated heterocycles. The molecule has 28 heavy (non-hydrogen) atoms. The van der Waals surface area contributed by atoms with Crippen molar-refractivity contribution in [1.82, 2.24) is 20.4 Å². The molecule has 0 saturated carbocycles. The lowest BCUT2D eigenvalue weighted by atomic mass is 10.1. The Labute approximate surface area is 187 Å². The average molecular weight is 501 g/mol. The van der Waals surface area contributed by atoms with E-state index in [4.69, 9.17) is 4.99 Å². The summed E-state index contributed by atoms with van der Waals surface area (Å²) in [6, 6.07) is 8.39. The Kier molecular flexibility index (Phi) is 11.4. The van der Waals surface area contributed by atoms with Gasteiger partial charge in [-0.25, -0.2) is 0 Å². The van der Waals surface area contributed by atoms with E-state index in [1.807, 2.05) is 18.2 Å². The molecule has 2 rings (SSSR count). The van der Waals surface area contributed by atoms with Gasteiger partial charge in [0.25, 0.3) is 5.91 Å². The Morgan fingerprint density at radius 2 is 2.14 bits per heavy atom. The third-order valence-electron chi connectivity index (χ3n) is 5.16. The van der Waals surface area contributed by atoms with Gasteiger partial charge in [-0.2, -0.15) is 0 Å². The predicted molar refractivity (Wildman–Crippen MR) is 128 cm³/mol. The maximum absolute atomic E-state index is 11.8. The molecule has 1 heterocycles. The quantitative estimate of drug-likeness (QED) is 0.327. The van der Waals surface area contributed by atoms with Gasteiger partial charge in [0.1, 0.15) is 0 Å². The van der Waals surface area contributed by atoms with Gasteiger partial charge in [0.05, 0.1) is 0 Å². The minimum Gasteiger partial charge on any atom is -0.357 e. The first-order chi connectivity index (χ1) is 13.1. The molecule has 0 bridgehead atoms. The van der Waals surface area contributed by atoms with Gasteiger partial charge in [-0.05, 0) is 57.0 Å². The molecule has 6 nitrogen and oxygen atoms in total. The van der Waals surface area contributed by atoms with Crippen molar-refractivity contribution in [1.29, 1.82) is 0 Å². The minimum absolute atomic E-state index is 0. The Hall–Kier alpha value is -1.35. The second-order valence-corrected chi connectivity index (χ2v) is 7.07. The van der Waals surface area contributed by atoms with E-state index in [0.717, 1.165) is 37.6 Å². The van der Waals surface area contributed by atoms with Crippen LogP contribution in [0.25, 0.3) is 0 Å². The van der Waals surface area contributed by atoms with E-state index in [9.17, 15) is 4.79 Å². The van der Waals surface area contributed by atoms with Gasteiger partial charge in [-0.3, -0.25) is 14.7 Å². The van der Waals surface area contributed by atoms with E-state index >= 15 is 0 Å². The maximum Gasteiger partial charge on any atom is 0.251 e. The molecule has 1 fully saturated rings. The summed E-state index contributed by atoms with van der Waals surface area (Å²) in [5.41, 5.74) is 1.83. The van der Waals surface area contributed by atoms with Gasteiger partial charge in [-0.15, -0.1) is 24.0 Å². The highest BCUT2D eigenvalue weighted by atomic mass is 127. The predicted octanol–water partition coefficient (Wildman–Crippen LogP) is 2.59. The summed E-state index contributed by atoms with van der Waals surface area (Å²) in [5.74, 6) is 0.911.